The standard InChI is InChI=1S/C22H19FN6O2/c1-12-3-8-17(23)18(9-12)28-22(31)27-15-6-4-14(5-7-15)19-16(13(2)30)10-29-20(19)21(24)25-11-26-29/h3-11H,1-2H3,(H2,24,25,26)(H2,27,28,31). The fraction of sp³-hybridized carbons (Fsp3) is 0.0909. The Labute approximate surface area is 176 Å². The molecule has 2 amide bonds. The third kappa shape index (κ3) is 3.93. The van der Waals surface area contributed by atoms with Crippen LogP contribution < -0.4 is 16.4 Å². The molecule has 0 saturated carbocycles. The van der Waals surface area contributed by atoms with E-state index in [1.165, 1.54) is 23.8 Å². The molecule has 0 fully saturated rings. The molecule has 0 radical (unpaired) electrons. The number of nitrogens with zero attached hydrogens (tertiary/aromatic N) is 3. The maximum atomic E-state index is 13.8. The average molecular weight is 418 g/mol. The Bertz CT molecular complexity index is 1310. The minimum Gasteiger partial charge on any atom is -0.382 e. The van der Waals surface area contributed by atoms with Crippen molar-refractivity contribution < 1.29 is 14.0 Å². The van der Waals surface area contributed by atoms with Crippen LogP contribution in [-0.4, -0.2) is 26.4 Å². The topological polar surface area (TPSA) is 114 Å². The summed E-state index contributed by atoms with van der Waals surface area (Å²) < 4.78 is 15.4. The molecule has 4 rings (SSSR count). The van der Waals surface area contributed by atoms with Gasteiger partial charge in [0, 0.05) is 23.0 Å². The van der Waals surface area contributed by atoms with Crippen LogP contribution in [0.3, 0.4) is 0 Å². The van der Waals surface area contributed by atoms with Crippen LogP contribution in [0.25, 0.3) is 16.6 Å². The van der Waals surface area contributed by atoms with E-state index in [2.05, 4.69) is 20.7 Å². The van der Waals surface area contributed by atoms with Crippen LogP contribution in [-0.2, 0) is 0 Å². The number of anilines is 3. The molecular formula is C22H19FN6O2. The van der Waals surface area contributed by atoms with Crippen molar-refractivity contribution in [1.29, 1.82) is 0 Å². The first-order chi connectivity index (χ1) is 14.8. The molecule has 0 aliphatic rings. The van der Waals surface area contributed by atoms with Gasteiger partial charge in [0.05, 0.1) is 5.69 Å². The fourth-order valence-corrected chi connectivity index (χ4v) is 3.33. The van der Waals surface area contributed by atoms with Gasteiger partial charge < -0.3 is 16.4 Å². The van der Waals surface area contributed by atoms with Gasteiger partial charge in [-0.15, -0.1) is 0 Å². The number of amides is 2. The highest BCUT2D eigenvalue weighted by Gasteiger charge is 2.19. The van der Waals surface area contributed by atoms with Gasteiger partial charge in [0.1, 0.15) is 17.7 Å². The lowest BCUT2D eigenvalue weighted by molar-refractivity contribution is 0.101. The summed E-state index contributed by atoms with van der Waals surface area (Å²) in [6.07, 6.45) is 2.93. The SMILES string of the molecule is CC(=O)c1cn2ncnc(N)c2c1-c1ccc(NC(=O)Nc2cc(C)ccc2F)cc1. The van der Waals surface area contributed by atoms with Crippen LogP contribution in [0.4, 0.5) is 26.4 Å². The lowest BCUT2D eigenvalue weighted by Crippen LogP contribution is -2.20. The van der Waals surface area contributed by atoms with E-state index in [1.54, 1.807) is 49.5 Å². The van der Waals surface area contributed by atoms with Gasteiger partial charge in [0.25, 0.3) is 0 Å². The van der Waals surface area contributed by atoms with Gasteiger partial charge in [-0.3, -0.25) is 4.79 Å². The Morgan fingerprint density at radius 3 is 2.55 bits per heavy atom. The number of urea groups is 1. The molecule has 0 saturated heterocycles. The number of carbonyl (C=O) groups is 2. The largest absolute Gasteiger partial charge is 0.382 e. The number of carbonyl (C=O) groups excluding carboxylic acids is 2. The van der Waals surface area contributed by atoms with Crippen molar-refractivity contribution in [2.24, 2.45) is 0 Å². The molecule has 2 aromatic heterocycles. The van der Waals surface area contributed by atoms with E-state index in [0.717, 1.165) is 5.56 Å². The summed E-state index contributed by atoms with van der Waals surface area (Å²) in [7, 11) is 0. The molecule has 4 aromatic rings. The number of ketones is 1. The Morgan fingerprint density at radius 2 is 1.84 bits per heavy atom. The number of rotatable bonds is 4. The molecule has 156 valence electrons. The first-order valence-electron chi connectivity index (χ1n) is 9.41. The number of nitrogen functional groups attached to an aromatic ring is 1. The molecule has 31 heavy (non-hydrogen) atoms. The number of hydrogen-bond acceptors (Lipinski definition) is 5. The van der Waals surface area contributed by atoms with Crippen molar-refractivity contribution in [2.45, 2.75) is 13.8 Å². The quantitative estimate of drug-likeness (QED) is 0.428. The summed E-state index contributed by atoms with van der Waals surface area (Å²) in [6, 6.07) is 10.7. The molecule has 9 heteroatoms. The van der Waals surface area contributed by atoms with Crippen LogP contribution in [0.15, 0.2) is 55.0 Å². The first kappa shape index (κ1) is 20.0. The van der Waals surface area contributed by atoms with Crippen molar-refractivity contribution in [3.05, 3.63) is 71.9 Å². The first-order valence-corrected chi connectivity index (χ1v) is 9.41. The number of benzene rings is 2. The minimum atomic E-state index is -0.575. The van der Waals surface area contributed by atoms with E-state index in [0.29, 0.717) is 27.9 Å². The highest BCUT2D eigenvalue weighted by atomic mass is 19.1. The number of aromatic nitrogens is 3. The molecule has 0 atom stereocenters. The zero-order valence-electron chi connectivity index (χ0n) is 16.8. The Kier molecular flexibility index (Phi) is 5.08. The second kappa shape index (κ2) is 7.86. The molecule has 0 bridgehead atoms. The van der Waals surface area contributed by atoms with E-state index in [-0.39, 0.29) is 17.3 Å². The third-order valence-electron chi connectivity index (χ3n) is 4.78. The lowest BCUT2D eigenvalue weighted by Gasteiger charge is -2.10. The Hall–Kier alpha value is -4.27. The Morgan fingerprint density at radius 1 is 1.10 bits per heavy atom. The van der Waals surface area contributed by atoms with Crippen molar-refractivity contribution in [2.75, 3.05) is 16.4 Å². The summed E-state index contributed by atoms with van der Waals surface area (Å²) in [5, 5.41) is 9.27. The zero-order valence-corrected chi connectivity index (χ0v) is 16.8. The molecule has 2 aromatic carbocycles. The minimum absolute atomic E-state index is 0.0935. The number of halogens is 1. The summed E-state index contributed by atoms with van der Waals surface area (Å²) in [5.74, 6) is -0.408. The highest BCUT2D eigenvalue weighted by Crippen LogP contribution is 2.33. The van der Waals surface area contributed by atoms with Crippen LogP contribution >= 0.6 is 0 Å². The van der Waals surface area contributed by atoms with Gasteiger partial charge in [-0.05, 0) is 49.2 Å². The second-order valence-electron chi connectivity index (χ2n) is 7.05. The summed E-state index contributed by atoms with van der Waals surface area (Å²) in [4.78, 5) is 28.4. The highest BCUT2D eigenvalue weighted by molar-refractivity contribution is 6.07. The number of fused-ring (bicyclic) bond motifs is 1. The van der Waals surface area contributed by atoms with Crippen molar-refractivity contribution in [3.63, 3.8) is 0 Å². The Balaban J connectivity index is 1.60. The molecule has 2 heterocycles. The summed E-state index contributed by atoms with van der Waals surface area (Å²) >= 11 is 0. The van der Waals surface area contributed by atoms with Gasteiger partial charge in [0.15, 0.2) is 11.6 Å². The molecule has 0 aliphatic heterocycles. The average Bonchev–Trinajstić information content (AvgIpc) is 3.13. The van der Waals surface area contributed by atoms with Gasteiger partial charge in [0.2, 0.25) is 0 Å². The number of nitrogens with one attached hydrogen (secondary N) is 2. The molecule has 0 spiro atoms. The maximum Gasteiger partial charge on any atom is 0.323 e. The number of nitrogens with two attached hydrogens (primary N) is 1. The van der Waals surface area contributed by atoms with Crippen LogP contribution in [0.5, 0.6) is 0 Å². The number of hydrogen-bond donors (Lipinski definition) is 3. The third-order valence-corrected chi connectivity index (χ3v) is 4.78. The predicted octanol–water partition coefficient (Wildman–Crippen LogP) is 4.27. The molecule has 4 N–H and O–H groups in total. The fourth-order valence-electron chi connectivity index (χ4n) is 3.33. The van der Waals surface area contributed by atoms with Crippen LogP contribution in [0.2, 0.25) is 0 Å². The molecule has 0 aliphatic carbocycles. The zero-order chi connectivity index (χ0) is 22.1. The van der Waals surface area contributed by atoms with Crippen molar-refractivity contribution in [1.82, 2.24) is 14.6 Å². The van der Waals surface area contributed by atoms with Gasteiger partial charge in [-0.2, -0.15) is 5.10 Å². The molecule has 0 unspecified atom stereocenters. The van der Waals surface area contributed by atoms with E-state index < -0.39 is 11.8 Å². The van der Waals surface area contributed by atoms with Crippen LogP contribution in [0, 0.1) is 12.7 Å². The van der Waals surface area contributed by atoms with Crippen molar-refractivity contribution >= 4 is 34.5 Å². The van der Waals surface area contributed by atoms with Crippen molar-refractivity contribution in [3.8, 4) is 11.1 Å². The monoisotopic (exact) mass is 418 g/mol. The second-order valence-corrected chi connectivity index (χ2v) is 7.05. The lowest BCUT2D eigenvalue weighted by atomic mass is 10.0. The van der Waals surface area contributed by atoms with Crippen LogP contribution in [0.1, 0.15) is 22.8 Å². The number of Topliss-reactive ketones (excluding diaryl/α,β-unsaturated/α-hetero) is 1. The maximum absolute atomic E-state index is 13.8. The van der Waals surface area contributed by atoms with Gasteiger partial charge in [-0.25, -0.2) is 18.7 Å². The normalized spacial score (nSPS) is 10.8. The molecule has 8 nitrogen and oxygen atoms in total. The van der Waals surface area contributed by atoms with Gasteiger partial charge >= 0.3 is 6.03 Å². The van der Waals surface area contributed by atoms with E-state index in [4.69, 9.17) is 5.73 Å². The molecular weight excluding hydrogens is 399 g/mol. The van der Waals surface area contributed by atoms with E-state index >= 15 is 0 Å². The van der Waals surface area contributed by atoms with E-state index in [9.17, 15) is 14.0 Å². The predicted molar refractivity (Wildman–Crippen MR) is 117 cm³/mol. The van der Waals surface area contributed by atoms with E-state index in [1.807, 2.05) is 0 Å². The summed E-state index contributed by atoms with van der Waals surface area (Å²) in [6.45, 7) is 3.27. The number of aryl methyl sites for hydroxylation is 1. The van der Waals surface area contributed by atoms with Gasteiger partial charge in [-0.1, -0.05) is 18.2 Å². The smallest absolute Gasteiger partial charge is 0.323 e. The summed E-state index contributed by atoms with van der Waals surface area (Å²) in [5.41, 5.74) is 9.75.